The van der Waals surface area contributed by atoms with Gasteiger partial charge in [0, 0.05) is 148 Å². The van der Waals surface area contributed by atoms with E-state index in [4.69, 9.17) is 77.4 Å². The van der Waals surface area contributed by atoms with Crippen molar-refractivity contribution in [1.82, 2.24) is 43.8 Å². The predicted octanol–water partition coefficient (Wildman–Crippen LogP) is 16.0. The highest BCUT2D eigenvalue weighted by Gasteiger charge is 2.24. The van der Waals surface area contributed by atoms with Crippen LogP contribution in [0.3, 0.4) is 0 Å². The monoisotopic (exact) mass is 2040 g/mol. The van der Waals surface area contributed by atoms with E-state index in [0.29, 0.717) is 150 Å². The number of hydrogen-bond donors (Lipinski definition) is 8. The maximum atomic E-state index is 13.1. The summed E-state index contributed by atoms with van der Waals surface area (Å²) >= 11 is 12.1. The third-order valence-corrected chi connectivity index (χ3v) is 24.5. The standard InChI is InChI=1S/C27H26N4O4.C26H24ClN3O4.C25H23NO5.C20H18ClNO4.C15H18N2O5/c1-27(2,3)26(35)30-24-20(8-5-11-28-24)18-7-4-6-17(12-18)14-31-16-29-22-10-9-19(23(33)15-32)13-21(22)25(31)34;1-34-23-10-8-22(9-11-23)30(17-18-2-6-21(27)7-3-18)15-14-29-13-12-19-4-5-20(25(31)28-33)16-24(19)26(29)32;1-30-21-7-5-17-6-8-22(14-20(17)13-21)31-12-2-10-26-11-9-18-3-4-19(24(28)16-27)15-23(18)25(26)29;21-17-4-1-2-5-19(17)26-11-3-9-22-10-8-14-6-7-15(18(24)13-23)12-16(14)20(22)25;1-21-8-9-22-7-6-17-5-4-11-2-3-12(14(18)16-20)10-13(11)15(17)19/h4-13,16,32H,14-15H2,1-3H3,(H,28,30,35);2-13,16,33H,14-15,17H2,1H3,(H,28,31);3-9,11,13-15,27H,2,10,12,16H2,1H3;1-2,4-8,10,12,23H,3,9,11,13H2;2-5,10,20H,6-9H2,1H3,(H,16,18). The van der Waals surface area contributed by atoms with Gasteiger partial charge in [0.15, 0.2) is 17.3 Å². The smallest absolute Gasteiger partial charge is 0.274 e. The second-order valence-corrected chi connectivity index (χ2v) is 35.7. The van der Waals surface area contributed by atoms with Gasteiger partial charge in [-0.05, 0) is 232 Å². The number of aliphatic hydroxyl groups excluding tert-OH is 3. The summed E-state index contributed by atoms with van der Waals surface area (Å²) in [4.78, 5) is 146. The van der Waals surface area contributed by atoms with E-state index in [2.05, 4.69) is 20.2 Å². The number of amides is 3. The zero-order valence-corrected chi connectivity index (χ0v) is 83.3. The van der Waals surface area contributed by atoms with Crippen LogP contribution in [0.1, 0.15) is 96.5 Å². The first-order valence-electron chi connectivity index (χ1n) is 47.0. The SMILES string of the molecule is CC(C)(C)C(=O)Nc1ncccc1-c1cccc(Cn2cnc3ccc(C(=O)CO)cc3c2=O)c1.COCCOCCn1ccc2ccc(C(=O)NO)cc2c1=O.COc1ccc(N(CCn2ccc3ccc(C(=O)NO)cc3c2=O)Cc2ccc(Cl)cc2)cc1.COc1ccc2ccc(OCCCn3ccc4ccc(C(=O)CO)cc4c3=O)cc2c1.O=C(CO)c1ccc2ccn(CCCOc3ccccc3Cl)c(=O)c2c1. The largest absolute Gasteiger partial charge is 0.497 e. The van der Waals surface area contributed by atoms with Crippen molar-refractivity contribution in [1.29, 1.82) is 0 Å². The summed E-state index contributed by atoms with van der Waals surface area (Å²) in [5, 5.41) is 56.1. The zero-order chi connectivity index (χ0) is 106. The van der Waals surface area contributed by atoms with Crippen molar-refractivity contribution in [3.8, 4) is 34.1 Å². The summed E-state index contributed by atoms with van der Waals surface area (Å²) < 4.78 is 40.1. The number of aryl methyl sites for hydroxylation is 2. The minimum Gasteiger partial charge on any atom is -0.497 e. The van der Waals surface area contributed by atoms with E-state index in [1.54, 1.807) is 168 Å². The molecule has 35 heteroatoms. The Balaban J connectivity index is 0.000000156. The number of nitrogens with one attached hydrogen (secondary N) is 3. The number of benzene rings is 11. The maximum Gasteiger partial charge on any atom is 0.274 e. The molecule has 33 nitrogen and oxygen atoms in total. The molecule has 0 saturated heterocycles. The Kier molecular flexibility index (Phi) is 38.5. The lowest BCUT2D eigenvalue weighted by atomic mass is 9.95. The quantitative estimate of drug-likeness (QED) is 0.00782. The number of pyridine rings is 5. The highest BCUT2D eigenvalue weighted by Crippen LogP contribution is 2.32. The molecule has 0 radical (unpaired) electrons. The van der Waals surface area contributed by atoms with Crippen LogP contribution in [0.2, 0.25) is 10.0 Å². The van der Waals surface area contributed by atoms with Gasteiger partial charge in [0.25, 0.3) is 39.6 Å². The van der Waals surface area contributed by atoms with Crippen LogP contribution in [0.4, 0.5) is 11.5 Å². The number of aromatic nitrogens is 7. The Morgan fingerprint density at radius 3 is 1.42 bits per heavy atom. The summed E-state index contributed by atoms with van der Waals surface area (Å²) in [5.41, 5.74) is 7.94. The summed E-state index contributed by atoms with van der Waals surface area (Å²) in [6.07, 6.45) is 11.3. The van der Waals surface area contributed by atoms with Crippen molar-refractivity contribution in [2.45, 2.75) is 72.9 Å². The number of aliphatic hydroxyl groups is 3. The predicted molar refractivity (Wildman–Crippen MR) is 569 cm³/mol. The molecule has 0 fully saturated rings. The Bertz CT molecular complexity index is 7990. The number of rotatable bonds is 36. The fourth-order valence-electron chi connectivity index (χ4n) is 15.7. The number of nitrogens with zero attached hydrogens (tertiary/aromatic N) is 8. The molecular weight excluding hydrogens is 1930 g/mol. The minimum atomic E-state index is -0.662. The van der Waals surface area contributed by atoms with Crippen molar-refractivity contribution in [3.05, 3.63) is 399 Å². The molecule has 0 bridgehead atoms. The first kappa shape index (κ1) is 109. The van der Waals surface area contributed by atoms with E-state index >= 15 is 0 Å². The van der Waals surface area contributed by atoms with Crippen LogP contribution in [0.25, 0.3) is 75.9 Å². The number of carbonyl (C=O) groups is 6. The first-order valence-corrected chi connectivity index (χ1v) is 47.7. The summed E-state index contributed by atoms with van der Waals surface area (Å²) in [7, 11) is 4.86. The third kappa shape index (κ3) is 28.6. The molecule has 17 aromatic rings. The van der Waals surface area contributed by atoms with Crippen LogP contribution in [0.5, 0.6) is 23.0 Å². The number of carbonyl (C=O) groups excluding carboxylic acids is 6. The average Bonchev–Trinajstić information content (AvgIpc) is 0.817. The number of hydroxylamine groups is 2. The van der Waals surface area contributed by atoms with Crippen molar-refractivity contribution >= 4 is 135 Å². The Hall–Kier alpha value is -16.5. The Labute approximate surface area is 858 Å². The van der Waals surface area contributed by atoms with E-state index in [1.165, 1.54) is 39.7 Å². The van der Waals surface area contributed by atoms with E-state index in [9.17, 15) is 52.7 Å². The lowest BCUT2D eigenvalue weighted by Crippen LogP contribution is -2.30. The van der Waals surface area contributed by atoms with Gasteiger partial charge in [-0.2, -0.15) is 0 Å². The van der Waals surface area contributed by atoms with Crippen molar-refractivity contribution in [3.63, 3.8) is 0 Å². The molecule has 0 atom stereocenters. The summed E-state index contributed by atoms with van der Waals surface area (Å²) in [6.45, 7) is 9.28. The fourth-order valence-corrected chi connectivity index (χ4v) is 16.0. The third-order valence-electron chi connectivity index (χ3n) is 23.9. The number of hydrogen-bond acceptors (Lipinski definition) is 25. The number of halogens is 2. The van der Waals surface area contributed by atoms with Crippen LogP contribution < -0.4 is 67.9 Å². The molecule has 8 N–H and O–H groups in total. The van der Waals surface area contributed by atoms with Crippen LogP contribution in [-0.2, 0) is 53.5 Å². The van der Waals surface area contributed by atoms with Gasteiger partial charge in [-0.15, -0.1) is 0 Å². The zero-order valence-electron chi connectivity index (χ0n) is 81.8. The molecule has 0 aliphatic rings. The van der Waals surface area contributed by atoms with Gasteiger partial charge in [0.2, 0.25) is 5.91 Å². The summed E-state index contributed by atoms with van der Waals surface area (Å²) in [5.74, 6) is 0.688. The van der Waals surface area contributed by atoms with Gasteiger partial charge < -0.3 is 72.2 Å². The lowest BCUT2D eigenvalue weighted by molar-refractivity contribution is -0.123. The molecule has 148 heavy (non-hydrogen) atoms. The molecule has 0 aliphatic carbocycles. The molecule has 6 aromatic heterocycles. The number of methoxy groups -OCH3 is 3. The van der Waals surface area contributed by atoms with Crippen LogP contribution in [0, 0.1) is 5.41 Å². The molecule has 6 heterocycles. The van der Waals surface area contributed by atoms with Crippen LogP contribution in [0.15, 0.2) is 322 Å². The molecule has 0 spiro atoms. The number of ether oxygens (including phenoxy) is 6. The second kappa shape index (κ2) is 52.4. The number of Topliss-reactive ketones (excluding diaryl/α,β-unsaturated/α-hetero) is 3. The fraction of sp³-hybridized carbons (Fsp3) is 0.212. The van der Waals surface area contributed by atoms with E-state index < -0.39 is 54.4 Å². The molecule has 17 rings (SSSR count). The normalized spacial score (nSPS) is 11.0. The molecule has 11 aromatic carbocycles. The topological polar surface area (TPSA) is 434 Å². The highest BCUT2D eigenvalue weighted by molar-refractivity contribution is 6.32. The van der Waals surface area contributed by atoms with Gasteiger partial charge >= 0.3 is 0 Å². The maximum absolute atomic E-state index is 13.1. The van der Waals surface area contributed by atoms with Gasteiger partial charge in [-0.1, -0.05) is 135 Å². The van der Waals surface area contributed by atoms with E-state index in [0.717, 1.165) is 77.5 Å². The number of fused-ring (bicyclic) bond motifs is 6. The number of ketones is 3. The number of para-hydroxylation sites is 1. The van der Waals surface area contributed by atoms with Crippen LogP contribution in [-0.4, -0.2) is 174 Å². The summed E-state index contributed by atoms with van der Waals surface area (Å²) in [6, 6.07) is 76.9. The molecule has 0 saturated carbocycles. The van der Waals surface area contributed by atoms with Crippen molar-refractivity contribution in [2.75, 3.05) is 90.9 Å². The van der Waals surface area contributed by atoms with Gasteiger partial charge in [0.1, 0.15) is 48.6 Å². The average molecular weight is 2040 g/mol. The van der Waals surface area contributed by atoms with Crippen molar-refractivity contribution in [2.24, 2.45) is 5.41 Å². The Morgan fingerprint density at radius 2 is 0.892 bits per heavy atom. The molecule has 0 aliphatic heterocycles. The van der Waals surface area contributed by atoms with Crippen LogP contribution >= 0.6 is 23.2 Å². The second-order valence-electron chi connectivity index (χ2n) is 34.9. The van der Waals surface area contributed by atoms with Crippen molar-refractivity contribution < 1.29 is 82.9 Å². The molecule has 3 amide bonds. The first-order chi connectivity index (χ1) is 71.5. The molecule has 0 unspecified atom stereocenters. The van der Waals surface area contributed by atoms with Gasteiger partial charge in [-0.3, -0.25) is 67.7 Å². The van der Waals surface area contributed by atoms with E-state index in [1.807, 2.05) is 166 Å². The number of anilines is 2. The van der Waals surface area contributed by atoms with E-state index in [-0.39, 0.29) is 56.9 Å². The molecular formula is C113H109Cl2N11O22. The lowest BCUT2D eigenvalue weighted by Gasteiger charge is -2.26. The van der Waals surface area contributed by atoms with Gasteiger partial charge in [0.05, 0.1) is 76.1 Å². The highest BCUT2D eigenvalue weighted by atomic mass is 35.5. The van der Waals surface area contributed by atoms with Gasteiger partial charge in [-0.25, -0.2) is 20.9 Å². The minimum absolute atomic E-state index is 0.138. The Morgan fingerprint density at radius 1 is 0.412 bits per heavy atom. The molecule has 762 valence electrons.